The van der Waals surface area contributed by atoms with Crippen LogP contribution in [0.25, 0.3) is 0 Å². The van der Waals surface area contributed by atoms with E-state index in [9.17, 15) is 10.2 Å². The first-order chi connectivity index (χ1) is 9.61. The van der Waals surface area contributed by atoms with E-state index in [-0.39, 0.29) is 6.61 Å². The number of likely N-dealkylation sites (tertiary alicyclic amines) is 1. The molecule has 1 aromatic rings. The van der Waals surface area contributed by atoms with Crippen LogP contribution in [-0.2, 0) is 13.6 Å². The zero-order valence-corrected chi connectivity index (χ0v) is 12.3. The lowest BCUT2D eigenvalue weighted by molar-refractivity contribution is -0.0255. The Morgan fingerprint density at radius 2 is 2.15 bits per heavy atom. The lowest BCUT2D eigenvalue weighted by Crippen LogP contribution is -2.34. The molecule has 112 valence electrons. The van der Waals surface area contributed by atoms with Crippen molar-refractivity contribution in [3.8, 4) is 0 Å². The van der Waals surface area contributed by atoms with Crippen molar-refractivity contribution in [2.75, 3.05) is 19.7 Å². The molecule has 1 saturated heterocycles. The maximum Gasteiger partial charge on any atom is 0.0890 e. The molecule has 2 N–H and O–H groups in total. The summed E-state index contributed by atoms with van der Waals surface area (Å²) in [4.78, 5) is 2.39. The fourth-order valence-corrected chi connectivity index (χ4v) is 3.29. The van der Waals surface area contributed by atoms with Crippen molar-refractivity contribution in [2.24, 2.45) is 7.05 Å². The third-order valence-corrected chi connectivity index (χ3v) is 4.73. The SMILES string of the molecule is Cn1ncc(CN2CCC[C@](O)(CO)CC2)c1C1CC1. The van der Waals surface area contributed by atoms with Crippen LogP contribution in [0.3, 0.4) is 0 Å². The Bertz CT molecular complexity index is 470. The minimum Gasteiger partial charge on any atom is -0.393 e. The number of hydrogen-bond donors (Lipinski definition) is 2. The van der Waals surface area contributed by atoms with Crippen LogP contribution in [0.4, 0.5) is 0 Å². The van der Waals surface area contributed by atoms with E-state index in [1.807, 2.05) is 17.9 Å². The van der Waals surface area contributed by atoms with Crippen LogP contribution in [0.5, 0.6) is 0 Å². The fourth-order valence-electron chi connectivity index (χ4n) is 3.29. The van der Waals surface area contributed by atoms with Gasteiger partial charge in [-0.1, -0.05) is 0 Å². The predicted octanol–water partition coefficient (Wildman–Crippen LogP) is 1.01. The zero-order valence-electron chi connectivity index (χ0n) is 12.3. The van der Waals surface area contributed by atoms with Crippen LogP contribution in [0.2, 0.25) is 0 Å². The van der Waals surface area contributed by atoms with E-state index < -0.39 is 5.60 Å². The number of aromatic nitrogens is 2. The van der Waals surface area contributed by atoms with Crippen molar-refractivity contribution in [2.45, 2.75) is 50.2 Å². The van der Waals surface area contributed by atoms with Crippen molar-refractivity contribution >= 4 is 0 Å². The Hall–Kier alpha value is -0.910. The summed E-state index contributed by atoms with van der Waals surface area (Å²) in [5.74, 6) is 0.707. The van der Waals surface area contributed by atoms with Gasteiger partial charge in [0.15, 0.2) is 0 Å². The molecule has 0 spiro atoms. The second-order valence-corrected chi connectivity index (χ2v) is 6.47. The van der Waals surface area contributed by atoms with E-state index in [2.05, 4.69) is 10.00 Å². The zero-order chi connectivity index (χ0) is 14.2. The monoisotopic (exact) mass is 279 g/mol. The highest BCUT2D eigenvalue weighted by molar-refractivity contribution is 5.25. The summed E-state index contributed by atoms with van der Waals surface area (Å²) < 4.78 is 2.02. The summed E-state index contributed by atoms with van der Waals surface area (Å²) in [5.41, 5.74) is 1.86. The largest absolute Gasteiger partial charge is 0.393 e. The average Bonchev–Trinajstić information content (AvgIpc) is 3.22. The first kappa shape index (κ1) is 14.0. The van der Waals surface area contributed by atoms with Gasteiger partial charge in [-0.15, -0.1) is 0 Å². The molecule has 20 heavy (non-hydrogen) atoms. The van der Waals surface area contributed by atoms with Crippen molar-refractivity contribution in [3.63, 3.8) is 0 Å². The maximum atomic E-state index is 10.2. The molecular formula is C15H25N3O2. The van der Waals surface area contributed by atoms with Crippen molar-refractivity contribution < 1.29 is 10.2 Å². The summed E-state index contributed by atoms with van der Waals surface area (Å²) in [5, 5.41) is 23.9. The molecule has 2 heterocycles. The first-order valence-electron chi connectivity index (χ1n) is 7.68. The van der Waals surface area contributed by atoms with Crippen LogP contribution in [0.1, 0.15) is 49.3 Å². The Balaban J connectivity index is 1.66. The van der Waals surface area contributed by atoms with Gasteiger partial charge in [-0.2, -0.15) is 5.10 Å². The summed E-state index contributed by atoms with van der Waals surface area (Å²) in [6.07, 6.45) is 6.87. The van der Waals surface area contributed by atoms with Gasteiger partial charge in [-0.05, 0) is 38.6 Å². The molecule has 0 radical (unpaired) electrons. The number of rotatable bonds is 4. The minimum atomic E-state index is -0.872. The van der Waals surface area contributed by atoms with E-state index in [0.29, 0.717) is 18.8 Å². The lowest BCUT2D eigenvalue weighted by Gasteiger charge is -2.24. The lowest BCUT2D eigenvalue weighted by atomic mass is 9.96. The van der Waals surface area contributed by atoms with Crippen LogP contribution in [0, 0.1) is 0 Å². The van der Waals surface area contributed by atoms with Gasteiger partial charge >= 0.3 is 0 Å². The predicted molar refractivity (Wildman–Crippen MR) is 76.3 cm³/mol. The van der Waals surface area contributed by atoms with Crippen LogP contribution < -0.4 is 0 Å². The van der Waals surface area contributed by atoms with E-state index in [0.717, 1.165) is 26.1 Å². The molecule has 1 saturated carbocycles. The summed E-state index contributed by atoms with van der Waals surface area (Å²) in [6, 6.07) is 0. The van der Waals surface area contributed by atoms with Crippen molar-refractivity contribution in [1.82, 2.24) is 14.7 Å². The standard InChI is InChI=1S/C15H25N3O2/c1-17-14(12-3-4-12)13(9-16-17)10-18-7-2-5-15(20,11-19)6-8-18/h9,12,19-20H,2-8,10-11H2,1H3/t15-/m1/s1. The molecule has 1 atom stereocenters. The quantitative estimate of drug-likeness (QED) is 0.863. The molecular weight excluding hydrogens is 254 g/mol. The molecule has 1 aromatic heterocycles. The van der Waals surface area contributed by atoms with Gasteiger partial charge in [0, 0.05) is 37.3 Å². The number of hydrogen-bond acceptors (Lipinski definition) is 4. The number of aryl methyl sites for hydroxylation is 1. The Morgan fingerprint density at radius 3 is 2.85 bits per heavy atom. The molecule has 0 unspecified atom stereocenters. The van der Waals surface area contributed by atoms with E-state index >= 15 is 0 Å². The van der Waals surface area contributed by atoms with Gasteiger partial charge in [0.2, 0.25) is 0 Å². The highest BCUT2D eigenvalue weighted by Crippen LogP contribution is 2.41. The molecule has 5 heteroatoms. The van der Waals surface area contributed by atoms with Crippen molar-refractivity contribution in [1.29, 1.82) is 0 Å². The van der Waals surface area contributed by atoms with Gasteiger partial charge in [0.1, 0.15) is 0 Å². The molecule has 1 aliphatic heterocycles. The van der Waals surface area contributed by atoms with Crippen molar-refractivity contribution in [3.05, 3.63) is 17.5 Å². The molecule has 2 aliphatic rings. The Morgan fingerprint density at radius 1 is 1.35 bits per heavy atom. The third-order valence-electron chi connectivity index (χ3n) is 4.73. The average molecular weight is 279 g/mol. The molecule has 3 rings (SSSR count). The molecule has 1 aliphatic carbocycles. The third kappa shape index (κ3) is 2.90. The van der Waals surface area contributed by atoms with Crippen LogP contribution in [-0.4, -0.2) is 50.2 Å². The highest BCUT2D eigenvalue weighted by atomic mass is 16.3. The van der Waals surface area contributed by atoms with E-state index in [1.54, 1.807) is 0 Å². The normalized spacial score (nSPS) is 28.6. The Labute approximate surface area is 120 Å². The van der Waals surface area contributed by atoms with Crippen LogP contribution in [0.15, 0.2) is 6.20 Å². The fraction of sp³-hybridized carbons (Fsp3) is 0.800. The van der Waals surface area contributed by atoms with Gasteiger partial charge < -0.3 is 10.2 Å². The first-order valence-corrected chi connectivity index (χ1v) is 7.68. The summed E-state index contributed by atoms with van der Waals surface area (Å²) in [7, 11) is 2.03. The smallest absolute Gasteiger partial charge is 0.0890 e. The second kappa shape index (κ2) is 5.47. The molecule has 0 aromatic carbocycles. The number of aliphatic hydroxyl groups excluding tert-OH is 1. The van der Waals surface area contributed by atoms with E-state index in [1.165, 1.54) is 24.1 Å². The van der Waals surface area contributed by atoms with Gasteiger partial charge in [-0.3, -0.25) is 9.58 Å². The molecule has 2 fully saturated rings. The molecule has 0 bridgehead atoms. The highest BCUT2D eigenvalue weighted by Gasteiger charge is 2.32. The molecule has 5 nitrogen and oxygen atoms in total. The van der Waals surface area contributed by atoms with Gasteiger partial charge in [0.05, 0.1) is 18.4 Å². The topological polar surface area (TPSA) is 61.5 Å². The second-order valence-electron chi connectivity index (χ2n) is 6.47. The van der Waals surface area contributed by atoms with Gasteiger partial charge in [-0.25, -0.2) is 0 Å². The van der Waals surface area contributed by atoms with Crippen LogP contribution >= 0.6 is 0 Å². The Kier molecular flexibility index (Phi) is 3.84. The molecule has 0 amide bonds. The number of aliphatic hydroxyl groups is 2. The number of nitrogens with zero attached hydrogens (tertiary/aromatic N) is 3. The van der Waals surface area contributed by atoms with Gasteiger partial charge in [0.25, 0.3) is 0 Å². The summed E-state index contributed by atoms with van der Waals surface area (Å²) >= 11 is 0. The summed E-state index contributed by atoms with van der Waals surface area (Å²) in [6.45, 7) is 2.62. The van der Waals surface area contributed by atoms with E-state index in [4.69, 9.17) is 0 Å². The minimum absolute atomic E-state index is 0.124. The maximum absolute atomic E-state index is 10.2.